The Kier molecular flexibility index (Phi) is 4.98. The molecule has 0 saturated heterocycles. The second-order valence-corrected chi connectivity index (χ2v) is 4.84. The molecule has 2 rings (SSSR count). The number of benzene rings is 1. The van der Waals surface area contributed by atoms with Crippen LogP contribution in [0.2, 0.25) is 0 Å². The number of nitrogens with one attached hydrogen (secondary N) is 1. The van der Waals surface area contributed by atoms with Gasteiger partial charge >= 0.3 is 0 Å². The zero-order chi connectivity index (χ0) is 16.8. The average Bonchev–Trinajstić information content (AvgIpc) is 2.55. The maximum atomic E-state index is 11.8. The highest BCUT2D eigenvalue weighted by Gasteiger charge is 2.11. The summed E-state index contributed by atoms with van der Waals surface area (Å²) in [5, 5.41) is 14.7. The third-order valence-electron chi connectivity index (χ3n) is 3.00. The number of amides is 1. The number of rotatable bonds is 5. The van der Waals surface area contributed by atoms with Crippen LogP contribution < -0.4 is 10.3 Å². The van der Waals surface area contributed by atoms with Crippen LogP contribution in [0, 0.1) is 10.1 Å². The lowest BCUT2D eigenvalue weighted by molar-refractivity contribution is -0.384. The van der Waals surface area contributed by atoms with E-state index < -0.39 is 10.8 Å². The highest BCUT2D eigenvalue weighted by Crippen LogP contribution is 2.22. The molecule has 0 aliphatic rings. The molecule has 1 N–H and O–H groups in total. The molecule has 0 aliphatic carbocycles. The van der Waals surface area contributed by atoms with Crippen molar-refractivity contribution in [1.82, 2.24) is 10.4 Å². The van der Waals surface area contributed by atoms with E-state index in [2.05, 4.69) is 15.5 Å². The van der Waals surface area contributed by atoms with Gasteiger partial charge in [0.25, 0.3) is 11.6 Å². The molecule has 0 atom stereocenters. The van der Waals surface area contributed by atoms with Crippen LogP contribution in [0.5, 0.6) is 0 Å². The zero-order valence-corrected chi connectivity index (χ0v) is 12.6. The Bertz CT molecular complexity index is 744. The van der Waals surface area contributed by atoms with Crippen LogP contribution in [-0.2, 0) is 0 Å². The molecule has 2 aromatic rings. The van der Waals surface area contributed by atoms with Crippen molar-refractivity contribution in [3.8, 4) is 0 Å². The molecule has 1 heterocycles. The van der Waals surface area contributed by atoms with Crippen molar-refractivity contribution in [3.05, 3.63) is 64.0 Å². The van der Waals surface area contributed by atoms with Gasteiger partial charge in [-0.25, -0.2) is 5.43 Å². The third-order valence-corrected chi connectivity index (χ3v) is 3.00. The van der Waals surface area contributed by atoms with Crippen molar-refractivity contribution in [2.75, 3.05) is 19.0 Å². The standard InChI is InChI=1S/C15H15N5O3/c1-19(2)14-6-5-13(20(22)23)8-12(14)10-17-18-15(21)11-4-3-7-16-9-11/h3-10H,1-2H3,(H,18,21)/b17-10-. The Morgan fingerprint density at radius 3 is 2.78 bits per heavy atom. The van der Waals surface area contributed by atoms with Crippen LogP contribution in [0.4, 0.5) is 11.4 Å². The molecule has 1 aromatic carbocycles. The highest BCUT2D eigenvalue weighted by atomic mass is 16.6. The summed E-state index contributed by atoms with van der Waals surface area (Å²) in [7, 11) is 3.62. The lowest BCUT2D eigenvalue weighted by Crippen LogP contribution is -2.18. The fourth-order valence-electron chi connectivity index (χ4n) is 1.89. The molecule has 0 fully saturated rings. The first-order valence-corrected chi connectivity index (χ1v) is 6.68. The molecule has 0 spiro atoms. The van der Waals surface area contributed by atoms with Crippen molar-refractivity contribution < 1.29 is 9.72 Å². The van der Waals surface area contributed by atoms with E-state index in [-0.39, 0.29) is 5.69 Å². The number of carbonyl (C=O) groups is 1. The Morgan fingerprint density at radius 1 is 1.39 bits per heavy atom. The van der Waals surface area contributed by atoms with E-state index in [9.17, 15) is 14.9 Å². The maximum Gasteiger partial charge on any atom is 0.272 e. The number of carbonyl (C=O) groups excluding carboxylic acids is 1. The Morgan fingerprint density at radius 2 is 2.17 bits per heavy atom. The minimum atomic E-state index is -0.481. The molecule has 0 aliphatic heterocycles. The third kappa shape index (κ3) is 4.10. The fraction of sp³-hybridized carbons (Fsp3) is 0.133. The van der Waals surface area contributed by atoms with Gasteiger partial charge in [-0.1, -0.05) is 0 Å². The van der Waals surface area contributed by atoms with Crippen LogP contribution in [0.1, 0.15) is 15.9 Å². The second kappa shape index (κ2) is 7.12. The predicted octanol–water partition coefficient (Wildman–Crippen LogP) is 1.82. The summed E-state index contributed by atoms with van der Waals surface area (Å²) in [5.74, 6) is -0.411. The molecule has 0 radical (unpaired) electrons. The van der Waals surface area contributed by atoms with Crippen molar-refractivity contribution in [3.63, 3.8) is 0 Å². The average molecular weight is 313 g/mol. The Labute approximate surface area is 132 Å². The first-order chi connectivity index (χ1) is 11.0. The number of nitrogens with zero attached hydrogens (tertiary/aromatic N) is 4. The van der Waals surface area contributed by atoms with Crippen LogP contribution >= 0.6 is 0 Å². The zero-order valence-electron chi connectivity index (χ0n) is 12.6. The van der Waals surface area contributed by atoms with E-state index in [1.54, 1.807) is 29.3 Å². The SMILES string of the molecule is CN(C)c1ccc([N+](=O)[O-])cc1/C=N\NC(=O)c1cccnc1. The topological polar surface area (TPSA) is 101 Å². The van der Waals surface area contributed by atoms with E-state index in [4.69, 9.17) is 0 Å². The maximum absolute atomic E-state index is 11.8. The van der Waals surface area contributed by atoms with Crippen molar-refractivity contribution in [2.45, 2.75) is 0 Å². The molecular formula is C15H15N5O3. The quantitative estimate of drug-likeness (QED) is 0.515. The van der Waals surface area contributed by atoms with Gasteiger partial charge in [0.2, 0.25) is 0 Å². The van der Waals surface area contributed by atoms with Crippen LogP contribution in [0.25, 0.3) is 0 Å². The number of pyridine rings is 1. The summed E-state index contributed by atoms with van der Waals surface area (Å²) >= 11 is 0. The van der Waals surface area contributed by atoms with Gasteiger partial charge in [-0.2, -0.15) is 5.10 Å². The van der Waals surface area contributed by atoms with Gasteiger partial charge in [0.1, 0.15) is 0 Å². The number of anilines is 1. The van der Waals surface area contributed by atoms with Gasteiger partial charge < -0.3 is 4.90 Å². The Balaban J connectivity index is 2.19. The summed E-state index contributed by atoms with van der Waals surface area (Å²) in [4.78, 5) is 27.9. The van der Waals surface area contributed by atoms with E-state index >= 15 is 0 Å². The smallest absolute Gasteiger partial charge is 0.272 e. The van der Waals surface area contributed by atoms with E-state index in [1.807, 2.05) is 14.1 Å². The van der Waals surface area contributed by atoms with Crippen LogP contribution in [0.15, 0.2) is 47.8 Å². The minimum absolute atomic E-state index is 0.0457. The molecule has 0 saturated carbocycles. The second-order valence-electron chi connectivity index (χ2n) is 4.84. The van der Waals surface area contributed by atoms with E-state index in [0.29, 0.717) is 11.1 Å². The molecule has 0 bridgehead atoms. The minimum Gasteiger partial charge on any atom is -0.377 e. The summed E-state index contributed by atoms with van der Waals surface area (Å²) in [5.41, 5.74) is 3.96. The van der Waals surface area contributed by atoms with Gasteiger partial charge in [-0.05, 0) is 18.2 Å². The van der Waals surface area contributed by atoms with Crippen molar-refractivity contribution >= 4 is 23.5 Å². The summed E-state index contributed by atoms with van der Waals surface area (Å²) in [6.45, 7) is 0. The lowest BCUT2D eigenvalue weighted by atomic mass is 10.1. The largest absolute Gasteiger partial charge is 0.377 e. The molecule has 8 nitrogen and oxygen atoms in total. The first-order valence-electron chi connectivity index (χ1n) is 6.68. The molecule has 118 valence electrons. The summed E-state index contributed by atoms with van der Waals surface area (Å²) < 4.78 is 0. The molecule has 8 heteroatoms. The van der Waals surface area contributed by atoms with Gasteiger partial charge in [0.05, 0.1) is 16.7 Å². The van der Waals surface area contributed by atoms with Gasteiger partial charge in [0.15, 0.2) is 0 Å². The van der Waals surface area contributed by atoms with Gasteiger partial charge in [0, 0.05) is 49.9 Å². The Hall–Kier alpha value is -3.29. The molecule has 0 unspecified atom stereocenters. The van der Waals surface area contributed by atoms with E-state index in [1.165, 1.54) is 24.5 Å². The number of nitro groups is 1. The number of hydrogen-bond donors (Lipinski definition) is 1. The first kappa shape index (κ1) is 16.1. The highest BCUT2D eigenvalue weighted by molar-refractivity contribution is 5.95. The molecule has 23 heavy (non-hydrogen) atoms. The predicted molar refractivity (Wildman–Crippen MR) is 86.7 cm³/mol. The number of nitro benzene ring substituents is 1. The molecule has 1 amide bonds. The molecule has 1 aromatic heterocycles. The summed E-state index contributed by atoms with van der Waals surface area (Å²) in [6.07, 6.45) is 4.35. The molecular weight excluding hydrogens is 298 g/mol. The number of hydrogen-bond acceptors (Lipinski definition) is 6. The fourth-order valence-corrected chi connectivity index (χ4v) is 1.89. The normalized spacial score (nSPS) is 10.5. The van der Waals surface area contributed by atoms with E-state index in [0.717, 1.165) is 5.69 Å². The van der Waals surface area contributed by atoms with Crippen LogP contribution in [0.3, 0.4) is 0 Å². The van der Waals surface area contributed by atoms with Gasteiger partial charge in [-0.15, -0.1) is 0 Å². The van der Waals surface area contributed by atoms with Gasteiger partial charge in [-0.3, -0.25) is 19.9 Å². The van der Waals surface area contributed by atoms with Crippen molar-refractivity contribution in [2.24, 2.45) is 5.10 Å². The summed E-state index contributed by atoms with van der Waals surface area (Å²) in [6, 6.07) is 7.69. The number of hydrazone groups is 1. The lowest BCUT2D eigenvalue weighted by Gasteiger charge is -2.14. The number of non-ortho nitro benzene ring substituents is 1. The number of aromatic nitrogens is 1. The van der Waals surface area contributed by atoms with Crippen LogP contribution in [-0.4, -0.2) is 36.1 Å². The van der Waals surface area contributed by atoms with Crippen molar-refractivity contribution in [1.29, 1.82) is 0 Å². The monoisotopic (exact) mass is 313 g/mol.